The van der Waals surface area contributed by atoms with Gasteiger partial charge in [-0.1, -0.05) is 11.5 Å². The quantitative estimate of drug-likeness (QED) is 0.327. The molecule has 27 heavy (non-hydrogen) atoms. The molecule has 2 aliphatic rings. The number of amides is 1. The molecule has 2 aliphatic heterocycles. The molecule has 0 spiro atoms. The van der Waals surface area contributed by atoms with Crippen molar-refractivity contribution in [1.82, 2.24) is 4.90 Å². The number of ether oxygens (including phenoxy) is 2. The molecule has 2 rings (SSSR count). The molecule has 0 aliphatic carbocycles. The van der Waals surface area contributed by atoms with Crippen LogP contribution in [0.4, 0.5) is 4.79 Å². The van der Waals surface area contributed by atoms with Gasteiger partial charge in [0.05, 0.1) is 6.10 Å². The van der Waals surface area contributed by atoms with Gasteiger partial charge in [-0.2, -0.15) is 0 Å². The van der Waals surface area contributed by atoms with Crippen LogP contribution in [0.2, 0.25) is 0 Å². The molecular weight excluding hydrogens is 352 g/mol. The standard InChI is InChI=1S/C18H30N4O5/c1-18(2,3)27-17(25)22-10-13-9-12(5-4-7-20-21-19)6-8-26-16(13)15(22)14(24)11-23/h12-13,15-16,23H,4-11H2,1-3H3/t12-,13+,15-,16-/m1/s1. The first-order chi connectivity index (χ1) is 12.8. The number of azide groups is 1. The van der Waals surface area contributed by atoms with Crippen LogP contribution in [0.5, 0.6) is 0 Å². The van der Waals surface area contributed by atoms with Gasteiger partial charge in [0.1, 0.15) is 18.2 Å². The SMILES string of the molecule is CC(C)(C)OC(=O)N1C[C@@H]2C[C@H](CCCN=[N+]=[N-])CCO[C@H]2[C@H]1C(=O)CO. The van der Waals surface area contributed by atoms with E-state index in [0.717, 1.165) is 25.7 Å². The molecule has 0 aromatic carbocycles. The zero-order chi connectivity index (χ0) is 20.0. The molecule has 2 fully saturated rings. The summed E-state index contributed by atoms with van der Waals surface area (Å²) >= 11 is 0. The van der Waals surface area contributed by atoms with Crippen LogP contribution in [-0.2, 0) is 14.3 Å². The highest BCUT2D eigenvalue weighted by Crippen LogP contribution is 2.37. The van der Waals surface area contributed by atoms with E-state index < -0.39 is 36.2 Å². The van der Waals surface area contributed by atoms with Crippen LogP contribution in [-0.4, -0.2) is 65.9 Å². The van der Waals surface area contributed by atoms with Crippen molar-refractivity contribution < 1.29 is 24.2 Å². The summed E-state index contributed by atoms with van der Waals surface area (Å²) in [7, 11) is 0. The van der Waals surface area contributed by atoms with E-state index in [4.69, 9.17) is 15.0 Å². The van der Waals surface area contributed by atoms with Crippen LogP contribution in [0, 0.1) is 11.8 Å². The second-order valence-corrected chi connectivity index (χ2v) is 8.28. The summed E-state index contributed by atoms with van der Waals surface area (Å²) in [6.07, 6.45) is 2.45. The van der Waals surface area contributed by atoms with E-state index in [1.54, 1.807) is 20.8 Å². The fraction of sp³-hybridized carbons (Fsp3) is 0.889. The molecule has 2 saturated heterocycles. The van der Waals surface area contributed by atoms with Crippen molar-refractivity contribution in [3.05, 3.63) is 10.4 Å². The Morgan fingerprint density at radius 1 is 1.41 bits per heavy atom. The van der Waals surface area contributed by atoms with Crippen molar-refractivity contribution in [3.8, 4) is 0 Å². The number of ketones is 1. The van der Waals surface area contributed by atoms with Crippen LogP contribution in [0.25, 0.3) is 10.4 Å². The number of fused-ring (bicyclic) bond motifs is 1. The number of hydrogen-bond donors (Lipinski definition) is 1. The van der Waals surface area contributed by atoms with Crippen molar-refractivity contribution >= 4 is 11.9 Å². The number of aliphatic hydroxyl groups excluding tert-OH is 1. The summed E-state index contributed by atoms with van der Waals surface area (Å²) in [5, 5.41) is 13.0. The second kappa shape index (κ2) is 9.39. The van der Waals surface area contributed by atoms with Crippen LogP contribution in [0.1, 0.15) is 46.5 Å². The molecule has 1 amide bonds. The minimum Gasteiger partial charge on any atom is -0.444 e. The molecule has 0 bridgehead atoms. The molecule has 0 aromatic rings. The first kappa shape index (κ1) is 21.5. The van der Waals surface area contributed by atoms with Gasteiger partial charge in [0, 0.05) is 30.5 Å². The number of likely N-dealkylation sites (tertiary alicyclic amines) is 1. The Morgan fingerprint density at radius 3 is 2.78 bits per heavy atom. The Kier molecular flexibility index (Phi) is 7.47. The molecule has 152 valence electrons. The van der Waals surface area contributed by atoms with Crippen molar-refractivity contribution in [2.75, 3.05) is 26.3 Å². The molecule has 0 saturated carbocycles. The zero-order valence-corrected chi connectivity index (χ0v) is 16.3. The molecule has 1 N–H and O–H groups in total. The first-order valence-corrected chi connectivity index (χ1v) is 9.52. The monoisotopic (exact) mass is 382 g/mol. The minimum atomic E-state index is -0.809. The van der Waals surface area contributed by atoms with Crippen LogP contribution in [0.3, 0.4) is 0 Å². The van der Waals surface area contributed by atoms with Crippen LogP contribution in [0.15, 0.2) is 5.11 Å². The predicted octanol–water partition coefficient (Wildman–Crippen LogP) is 2.67. The Balaban J connectivity index is 2.10. The maximum Gasteiger partial charge on any atom is 0.411 e. The van der Waals surface area contributed by atoms with Gasteiger partial charge in [0.25, 0.3) is 0 Å². The normalized spacial score (nSPS) is 28.1. The number of carbonyl (C=O) groups excluding carboxylic acids is 2. The van der Waals surface area contributed by atoms with Crippen molar-refractivity contribution in [2.45, 2.75) is 64.2 Å². The number of Topliss-reactive ketones (excluding diaryl/α,β-unsaturated/α-hetero) is 1. The number of nitrogens with zero attached hydrogens (tertiary/aromatic N) is 4. The van der Waals surface area contributed by atoms with Crippen LogP contribution >= 0.6 is 0 Å². The molecule has 0 radical (unpaired) electrons. The smallest absolute Gasteiger partial charge is 0.411 e. The topological polar surface area (TPSA) is 125 Å². The van der Waals surface area contributed by atoms with E-state index in [1.165, 1.54) is 4.90 Å². The average Bonchev–Trinajstić information content (AvgIpc) is 2.83. The summed E-state index contributed by atoms with van der Waals surface area (Å²) in [5.74, 6) is -0.0162. The highest BCUT2D eigenvalue weighted by Gasteiger charge is 2.50. The summed E-state index contributed by atoms with van der Waals surface area (Å²) in [5.41, 5.74) is 7.71. The predicted molar refractivity (Wildman–Crippen MR) is 98.0 cm³/mol. The number of aliphatic hydroxyl groups is 1. The third-order valence-electron chi connectivity index (χ3n) is 5.06. The van der Waals surface area contributed by atoms with Gasteiger partial charge in [-0.05, 0) is 51.5 Å². The van der Waals surface area contributed by atoms with E-state index in [2.05, 4.69) is 10.0 Å². The minimum absolute atomic E-state index is 0.0185. The molecule has 9 nitrogen and oxygen atoms in total. The lowest BCUT2D eigenvalue weighted by molar-refractivity contribution is -0.130. The number of carbonyl (C=O) groups is 2. The summed E-state index contributed by atoms with van der Waals surface area (Å²) in [6, 6.07) is -0.809. The summed E-state index contributed by atoms with van der Waals surface area (Å²) < 4.78 is 11.4. The van der Waals surface area contributed by atoms with Gasteiger partial charge in [-0.3, -0.25) is 9.69 Å². The van der Waals surface area contributed by atoms with Gasteiger partial charge < -0.3 is 14.6 Å². The third-order valence-corrected chi connectivity index (χ3v) is 5.06. The van der Waals surface area contributed by atoms with Gasteiger partial charge in [-0.25, -0.2) is 4.79 Å². The Labute approximate surface area is 159 Å². The molecule has 0 unspecified atom stereocenters. The lowest BCUT2D eigenvalue weighted by Crippen LogP contribution is -2.48. The van der Waals surface area contributed by atoms with Gasteiger partial charge in [0.2, 0.25) is 0 Å². The van der Waals surface area contributed by atoms with Gasteiger partial charge in [-0.15, -0.1) is 0 Å². The van der Waals surface area contributed by atoms with E-state index in [0.29, 0.717) is 25.6 Å². The highest BCUT2D eigenvalue weighted by atomic mass is 16.6. The van der Waals surface area contributed by atoms with Crippen molar-refractivity contribution in [3.63, 3.8) is 0 Å². The third kappa shape index (κ3) is 5.82. The first-order valence-electron chi connectivity index (χ1n) is 9.52. The van der Waals surface area contributed by atoms with Crippen molar-refractivity contribution in [1.29, 1.82) is 0 Å². The zero-order valence-electron chi connectivity index (χ0n) is 16.3. The molecule has 0 aromatic heterocycles. The molecule has 4 atom stereocenters. The lowest BCUT2D eigenvalue weighted by Gasteiger charge is -2.29. The van der Waals surface area contributed by atoms with Gasteiger partial charge in [0.15, 0.2) is 5.78 Å². The average molecular weight is 382 g/mol. The summed E-state index contributed by atoms with van der Waals surface area (Å²) in [6.45, 7) is 6.05. The maximum absolute atomic E-state index is 12.6. The van der Waals surface area contributed by atoms with E-state index >= 15 is 0 Å². The van der Waals surface area contributed by atoms with Gasteiger partial charge >= 0.3 is 6.09 Å². The van der Waals surface area contributed by atoms with E-state index in [1.807, 2.05) is 0 Å². The number of hydrogen-bond acceptors (Lipinski definition) is 6. The Morgan fingerprint density at radius 2 is 2.15 bits per heavy atom. The lowest BCUT2D eigenvalue weighted by atomic mass is 9.87. The summed E-state index contributed by atoms with van der Waals surface area (Å²) in [4.78, 5) is 29.2. The number of rotatable bonds is 6. The largest absolute Gasteiger partial charge is 0.444 e. The van der Waals surface area contributed by atoms with Crippen LogP contribution < -0.4 is 0 Å². The highest BCUT2D eigenvalue weighted by molar-refractivity contribution is 5.89. The maximum atomic E-state index is 12.6. The van der Waals surface area contributed by atoms with E-state index in [9.17, 15) is 14.7 Å². The molecule has 9 heteroatoms. The Bertz CT molecular complexity index is 585. The van der Waals surface area contributed by atoms with E-state index in [-0.39, 0.29) is 5.92 Å². The Hall–Kier alpha value is -1.83. The fourth-order valence-electron chi connectivity index (χ4n) is 3.97. The molecule has 2 heterocycles. The second-order valence-electron chi connectivity index (χ2n) is 8.28. The molecular formula is C18H30N4O5. The van der Waals surface area contributed by atoms with Crippen molar-refractivity contribution in [2.24, 2.45) is 17.0 Å². The fourth-order valence-corrected chi connectivity index (χ4v) is 3.97.